The van der Waals surface area contributed by atoms with E-state index in [0.29, 0.717) is 43.7 Å². The summed E-state index contributed by atoms with van der Waals surface area (Å²) in [5, 5.41) is 40.2. The summed E-state index contributed by atoms with van der Waals surface area (Å²) in [6, 6.07) is 0. The minimum absolute atomic E-state index is 0.0383. The smallest absolute Gasteiger partial charge is 0.293 e. The molecule has 8 aliphatic rings. The maximum atomic E-state index is 13.5. The van der Waals surface area contributed by atoms with E-state index in [-0.39, 0.29) is 46.9 Å². The molecule has 0 aromatic rings. The lowest BCUT2D eigenvalue weighted by molar-refractivity contribution is -0.831. The fraction of sp³-hybridized carbons (Fsp3) is 0.730. The molecule has 2 heterocycles. The fourth-order valence-corrected chi connectivity index (χ4v) is 13.3. The largest absolute Gasteiger partial charge is 0.545 e. The van der Waals surface area contributed by atoms with Gasteiger partial charge in [0.15, 0.2) is 0 Å². The topological polar surface area (TPSA) is 145 Å². The van der Waals surface area contributed by atoms with Gasteiger partial charge in [-0.05, 0) is 68.6 Å². The fourth-order valence-electron chi connectivity index (χ4n) is 13.3. The summed E-state index contributed by atoms with van der Waals surface area (Å²) in [5.74, 6) is 0.398. The zero-order valence-corrected chi connectivity index (χ0v) is 27.4. The molecular formula is C37H52N4O5. The average molecular weight is 633 g/mol. The summed E-state index contributed by atoms with van der Waals surface area (Å²) in [5.41, 5.74) is 4.74. The first-order chi connectivity index (χ1) is 22.2. The number of aliphatic hydroxyl groups is 2. The second-order valence-electron chi connectivity index (χ2n) is 16.0. The molecule has 5 fully saturated rings. The zero-order valence-electron chi connectivity index (χ0n) is 27.4. The van der Waals surface area contributed by atoms with Gasteiger partial charge < -0.3 is 35.9 Å². The number of rotatable bonds is 6. The van der Waals surface area contributed by atoms with E-state index in [0.717, 1.165) is 62.1 Å². The summed E-state index contributed by atoms with van der Waals surface area (Å²) < 4.78 is 7.09. The van der Waals surface area contributed by atoms with Crippen molar-refractivity contribution in [2.75, 3.05) is 39.8 Å². The van der Waals surface area contributed by atoms with Crippen molar-refractivity contribution >= 4 is 11.9 Å². The molecule has 6 N–H and O–H groups in total. The van der Waals surface area contributed by atoms with Crippen molar-refractivity contribution in [2.24, 2.45) is 62.5 Å². The number of nitrogens with two attached hydrogens (primary N) is 1. The summed E-state index contributed by atoms with van der Waals surface area (Å²) in [6.45, 7) is 5.11. The Morgan fingerprint density at radius 2 is 1.98 bits per heavy atom. The van der Waals surface area contributed by atoms with Gasteiger partial charge in [0.25, 0.3) is 5.96 Å². The first-order valence-corrected chi connectivity index (χ1v) is 18.0. The first-order valence-electron chi connectivity index (χ1n) is 18.0. The minimum Gasteiger partial charge on any atom is -0.545 e. The summed E-state index contributed by atoms with van der Waals surface area (Å²) >= 11 is 0. The van der Waals surface area contributed by atoms with Gasteiger partial charge in [-0.3, -0.25) is 4.90 Å². The van der Waals surface area contributed by atoms with Crippen LogP contribution in [0.15, 0.2) is 52.6 Å². The van der Waals surface area contributed by atoms with Crippen molar-refractivity contribution in [2.45, 2.75) is 76.1 Å². The third-order valence-electron chi connectivity index (χ3n) is 14.8. The van der Waals surface area contributed by atoms with E-state index in [4.69, 9.17) is 10.5 Å². The van der Waals surface area contributed by atoms with Crippen LogP contribution in [-0.2, 0) is 9.53 Å². The lowest BCUT2D eigenvalue weighted by Gasteiger charge is -2.69. The Kier molecular flexibility index (Phi) is 7.32. The molecule has 9 heteroatoms. The number of carboxylic acid groups (broad SMARTS) is 1. The van der Waals surface area contributed by atoms with Gasteiger partial charge in [0.2, 0.25) is 0 Å². The van der Waals surface area contributed by atoms with Gasteiger partial charge in [-0.2, -0.15) is 0 Å². The van der Waals surface area contributed by atoms with Crippen LogP contribution in [0.5, 0.6) is 0 Å². The highest BCUT2D eigenvalue weighted by Gasteiger charge is 2.83. The molecule has 13 atom stereocenters. The van der Waals surface area contributed by atoms with Crippen LogP contribution in [0, 0.1) is 51.8 Å². The van der Waals surface area contributed by atoms with Gasteiger partial charge >= 0.3 is 0 Å². The number of carbonyl (C=O) groups is 1. The maximum absolute atomic E-state index is 13.5. The number of hydrogen-bond donors (Lipinski definition) is 5. The predicted molar refractivity (Wildman–Crippen MR) is 172 cm³/mol. The van der Waals surface area contributed by atoms with Crippen LogP contribution in [0.4, 0.5) is 0 Å². The van der Waals surface area contributed by atoms with E-state index < -0.39 is 29.0 Å². The minimum atomic E-state index is -1.69. The maximum Gasteiger partial charge on any atom is 0.293 e. The molecule has 0 aromatic carbocycles. The quantitative estimate of drug-likeness (QED) is 0.124. The number of carbonyl (C=O) groups excluding carboxylic acids is 1. The molecular weight excluding hydrogens is 580 g/mol. The Labute approximate surface area is 272 Å². The number of aliphatic hydroxyl groups excluding tert-OH is 1. The predicted octanol–water partition coefficient (Wildman–Crippen LogP) is 0.504. The summed E-state index contributed by atoms with van der Waals surface area (Å²) in [6.07, 6.45) is 20.0. The molecule has 46 heavy (non-hydrogen) atoms. The van der Waals surface area contributed by atoms with E-state index in [9.17, 15) is 20.1 Å². The molecule has 2 bridgehead atoms. The van der Waals surface area contributed by atoms with Crippen molar-refractivity contribution in [1.82, 2.24) is 5.32 Å². The van der Waals surface area contributed by atoms with Crippen molar-refractivity contribution in [3.05, 3.63) is 47.6 Å². The molecule has 8 rings (SSSR count). The second-order valence-corrected chi connectivity index (χ2v) is 16.0. The first kappa shape index (κ1) is 31.0. The normalized spacial score (nSPS) is 50.2. The summed E-state index contributed by atoms with van der Waals surface area (Å²) in [4.78, 5) is 19.1. The van der Waals surface area contributed by atoms with E-state index in [2.05, 4.69) is 53.7 Å². The number of carboxylic acids is 1. The van der Waals surface area contributed by atoms with Crippen molar-refractivity contribution in [3.8, 4) is 0 Å². The highest BCUT2D eigenvalue weighted by Crippen LogP contribution is 2.83. The Morgan fingerprint density at radius 1 is 1.17 bits per heavy atom. The molecule has 0 amide bonds. The number of quaternary nitrogens is 1. The molecule has 13 unspecified atom stereocenters. The number of nitrogens with one attached hydrogen (secondary N) is 2. The molecule has 2 spiro atoms. The van der Waals surface area contributed by atoms with Gasteiger partial charge in [0, 0.05) is 60.2 Å². The second kappa shape index (κ2) is 10.9. The van der Waals surface area contributed by atoms with Gasteiger partial charge in [0.05, 0.1) is 37.9 Å². The van der Waals surface area contributed by atoms with Crippen LogP contribution in [0.25, 0.3) is 0 Å². The number of guanidine groups is 1. The van der Waals surface area contributed by atoms with E-state index in [1.165, 1.54) is 0 Å². The van der Waals surface area contributed by atoms with Crippen LogP contribution in [0.3, 0.4) is 0 Å². The molecule has 2 saturated heterocycles. The van der Waals surface area contributed by atoms with Gasteiger partial charge in [-0.15, -0.1) is 0 Å². The van der Waals surface area contributed by atoms with E-state index >= 15 is 0 Å². The van der Waals surface area contributed by atoms with Crippen LogP contribution >= 0.6 is 0 Å². The van der Waals surface area contributed by atoms with Crippen molar-refractivity contribution in [1.29, 1.82) is 0 Å². The monoisotopic (exact) mass is 632 g/mol. The number of ether oxygens (including phenoxy) is 1. The Bertz CT molecular complexity index is 1440. The molecule has 0 aromatic heterocycles. The van der Waals surface area contributed by atoms with Crippen molar-refractivity contribution in [3.63, 3.8) is 0 Å². The number of allylic oxidation sites excluding steroid dienone is 4. The van der Waals surface area contributed by atoms with Crippen LogP contribution in [0.1, 0.15) is 58.3 Å². The molecule has 2 aliphatic heterocycles. The third kappa shape index (κ3) is 3.70. The lowest BCUT2D eigenvalue weighted by Crippen LogP contribution is -3.19. The molecule has 250 valence electrons. The molecule has 3 saturated carbocycles. The van der Waals surface area contributed by atoms with Crippen LogP contribution in [0.2, 0.25) is 0 Å². The summed E-state index contributed by atoms with van der Waals surface area (Å²) in [7, 11) is 1.75. The average Bonchev–Trinajstić information content (AvgIpc) is 3.42. The SMILES string of the molecule is CN=C(N)[NH+]1CCC2(CNCCO)C=CC3C(O)(C4CCC5CCC6C=CC=CC6C5O4)C(C(=O)[O-])=C4CC5CCC(C)C43C52C1. The van der Waals surface area contributed by atoms with Crippen molar-refractivity contribution < 1.29 is 29.8 Å². The van der Waals surface area contributed by atoms with E-state index in [1.54, 1.807) is 7.05 Å². The van der Waals surface area contributed by atoms with Gasteiger partial charge in [-0.25, -0.2) is 4.99 Å². The molecule has 9 nitrogen and oxygen atoms in total. The van der Waals surface area contributed by atoms with Crippen LogP contribution in [-0.4, -0.2) is 79.8 Å². The third-order valence-corrected chi connectivity index (χ3v) is 14.8. The Balaban J connectivity index is 1.30. The Morgan fingerprint density at radius 3 is 2.76 bits per heavy atom. The number of nitrogens with zero attached hydrogens (tertiary/aromatic N) is 1. The van der Waals surface area contributed by atoms with E-state index in [1.807, 2.05) is 0 Å². The van der Waals surface area contributed by atoms with Gasteiger partial charge in [0.1, 0.15) is 5.60 Å². The van der Waals surface area contributed by atoms with Gasteiger partial charge in [-0.1, -0.05) is 49.0 Å². The number of fused-ring (bicyclic) bond motifs is 3. The highest BCUT2D eigenvalue weighted by molar-refractivity contribution is 5.91. The van der Waals surface area contributed by atoms with Crippen LogP contribution < -0.4 is 21.1 Å². The lowest BCUT2D eigenvalue weighted by atomic mass is 9.36. The Hall–Kier alpha value is -2.30. The molecule has 0 radical (unpaired) electrons. The number of aliphatic carboxylic acids is 1. The number of aliphatic imine (C=N–C) groups is 1. The number of likely N-dealkylation sites (tertiary alicyclic amines) is 1. The molecule has 6 aliphatic carbocycles. The zero-order chi connectivity index (χ0) is 32.1. The standard InChI is InChI=1S/C37H52N4O5/c1-22-7-11-25-19-27-30(32(43)44)37(45,29-12-10-24-9-8-23-5-3-4-6-26(23)31(24)46-29)28-13-14-34(20-40-16-18-42)15-17-41(33(38)39-2)21-35(25,34)36(22,27)28/h3-6,13-14,22-26,28-29,31,40,42,45H,7-12,15-21H2,1-2H3,(H2,38,39)(H,43,44). The number of piperidine rings is 1. The number of hydrogen-bond acceptors (Lipinski definition) is 7. The highest BCUT2D eigenvalue weighted by atomic mass is 16.5.